The highest BCUT2D eigenvalue weighted by atomic mass is 19.4. The van der Waals surface area contributed by atoms with Crippen LogP contribution in [0.5, 0.6) is 0 Å². The Bertz CT molecular complexity index is 1710. The zero-order chi connectivity index (χ0) is 31.6. The lowest BCUT2D eigenvalue weighted by Crippen LogP contribution is -2.36. The van der Waals surface area contributed by atoms with Gasteiger partial charge < -0.3 is 20.3 Å². The van der Waals surface area contributed by atoms with E-state index in [-0.39, 0.29) is 24.2 Å². The van der Waals surface area contributed by atoms with Gasteiger partial charge in [0.1, 0.15) is 11.6 Å². The highest BCUT2D eigenvalue weighted by Crippen LogP contribution is 2.52. The van der Waals surface area contributed by atoms with Crippen molar-refractivity contribution in [1.82, 2.24) is 20.2 Å². The zero-order valence-electron chi connectivity index (χ0n) is 24.5. The van der Waals surface area contributed by atoms with Crippen molar-refractivity contribution in [3.05, 3.63) is 116 Å². The lowest BCUT2D eigenvalue weighted by Gasteiger charge is -2.24. The summed E-state index contributed by atoms with van der Waals surface area (Å²) in [5, 5.41) is 13.7. The van der Waals surface area contributed by atoms with Gasteiger partial charge in [-0.2, -0.15) is 13.2 Å². The van der Waals surface area contributed by atoms with Crippen molar-refractivity contribution in [2.24, 2.45) is 4.99 Å². The van der Waals surface area contributed by atoms with Crippen LogP contribution < -0.4 is 10.9 Å². The van der Waals surface area contributed by atoms with Crippen LogP contribution in [-0.2, 0) is 29.4 Å². The molecule has 0 saturated heterocycles. The Morgan fingerprint density at radius 3 is 2.64 bits per heavy atom. The Morgan fingerprint density at radius 1 is 1.20 bits per heavy atom. The van der Waals surface area contributed by atoms with Gasteiger partial charge in [-0.1, -0.05) is 42.5 Å². The molecule has 1 saturated carbocycles. The lowest BCUT2D eigenvalue weighted by molar-refractivity contribution is -0.142. The molecule has 1 atom stereocenters. The minimum Gasteiger partial charge on any atom is -0.378 e. The largest absolute Gasteiger partial charge is 0.416 e. The molecule has 11 heteroatoms. The molecule has 2 heterocycles. The molecule has 3 N–H and O–H groups in total. The van der Waals surface area contributed by atoms with Crippen LogP contribution in [0, 0.1) is 0 Å². The number of nitrogens with zero attached hydrogens (tertiary/aromatic N) is 3. The van der Waals surface area contributed by atoms with Gasteiger partial charge in [-0.15, -0.1) is 0 Å². The molecule has 1 aliphatic carbocycles. The lowest BCUT2D eigenvalue weighted by atomic mass is 9.91. The van der Waals surface area contributed by atoms with Crippen molar-refractivity contribution < 1.29 is 23.1 Å². The Balaban J connectivity index is 1.39. The topological polar surface area (TPSA) is 111 Å². The predicted octanol–water partition coefficient (Wildman–Crippen LogP) is 5.04. The van der Waals surface area contributed by atoms with E-state index in [2.05, 4.69) is 28.1 Å². The van der Waals surface area contributed by atoms with Gasteiger partial charge in [0, 0.05) is 13.6 Å². The number of nitrogens with one attached hydrogen (secondary N) is 2. The van der Waals surface area contributed by atoms with Crippen molar-refractivity contribution in [3.8, 4) is 0 Å². The summed E-state index contributed by atoms with van der Waals surface area (Å²) < 4.78 is 39.6. The minimum atomic E-state index is -4.61. The molecular formula is C33H34F3N5O3. The number of carbonyl (C=O) groups excluding carboxylic acids is 1. The first-order chi connectivity index (χ1) is 21.0. The quantitative estimate of drug-likeness (QED) is 0.246. The minimum absolute atomic E-state index is 0.0963. The van der Waals surface area contributed by atoms with Crippen LogP contribution in [-0.4, -0.2) is 46.2 Å². The molecule has 1 aliphatic heterocycles. The van der Waals surface area contributed by atoms with Crippen LogP contribution in [0.3, 0.4) is 0 Å². The Hall–Kier alpha value is -4.51. The Kier molecular flexibility index (Phi) is 8.60. The van der Waals surface area contributed by atoms with Crippen LogP contribution >= 0.6 is 0 Å². The molecule has 0 spiro atoms. The summed E-state index contributed by atoms with van der Waals surface area (Å²) >= 11 is 0. The van der Waals surface area contributed by atoms with E-state index in [4.69, 9.17) is 4.98 Å². The molecule has 0 radical (unpaired) electrons. The van der Waals surface area contributed by atoms with Crippen LogP contribution in [0.4, 0.5) is 13.2 Å². The van der Waals surface area contributed by atoms with E-state index < -0.39 is 29.2 Å². The second-order valence-electron chi connectivity index (χ2n) is 11.2. The molecule has 0 unspecified atom stereocenters. The smallest absolute Gasteiger partial charge is 0.378 e. The molecule has 1 amide bonds. The van der Waals surface area contributed by atoms with Crippen molar-refractivity contribution in [3.63, 3.8) is 0 Å². The first kappa shape index (κ1) is 30.9. The molecule has 2 aliphatic rings. The van der Waals surface area contributed by atoms with E-state index >= 15 is 0 Å². The van der Waals surface area contributed by atoms with Gasteiger partial charge >= 0.3 is 6.18 Å². The summed E-state index contributed by atoms with van der Waals surface area (Å²) in [6, 6.07) is 12.2. The molecule has 3 aromatic rings. The number of alkyl halides is 3. The van der Waals surface area contributed by atoms with E-state index in [9.17, 15) is 27.9 Å². The number of aliphatic imine (C=N–C) groups is 1. The second-order valence-corrected chi connectivity index (χ2v) is 11.2. The van der Waals surface area contributed by atoms with Crippen LogP contribution in [0.25, 0.3) is 5.57 Å². The summed E-state index contributed by atoms with van der Waals surface area (Å²) in [5.74, 6) is 0.466. The first-order valence-electron chi connectivity index (χ1n) is 14.4. The third-order valence-corrected chi connectivity index (χ3v) is 8.36. The van der Waals surface area contributed by atoms with Crippen LogP contribution in [0.15, 0.2) is 76.3 Å². The molecule has 5 rings (SSSR count). The summed E-state index contributed by atoms with van der Waals surface area (Å²) in [4.78, 5) is 39.7. The third-order valence-electron chi connectivity index (χ3n) is 8.36. The van der Waals surface area contributed by atoms with E-state index in [0.717, 1.165) is 47.7 Å². The average Bonchev–Trinajstić information content (AvgIpc) is 3.85. The van der Waals surface area contributed by atoms with Gasteiger partial charge in [0.15, 0.2) is 6.10 Å². The number of H-pyrrole nitrogens is 1. The van der Waals surface area contributed by atoms with Crippen molar-refractivity contribution in [1.29, 1.82) is 0 Å². The first-order valence-corrected chi connectivity index (χ1v) is 14.4. The number of rotatable bonds is 8. The third kappa shape index (κ3) is 6.23. The maximum atomic E-state index is 13.4. The predicted molar refractivity (Wildman–Crippen MR) is 162 cm³/mol. The standard InChI is InChI=1S/C33H34F3N5O3/c1-20(12-13-27(37-2)38-3)21-7-4-9-23(17-21)32(14-15-32)31-39-26-11-6-16-41(19-25(26)29(43)40-31)30(44)28(42)22-8-5-10-24(18-22)33(34,35)36/h4-5,7-10,12-13,17-18,28,38,42H,2,6,11,14-16,19H2,1,3H3,(H,39,40,43)/b20-12+,27-13+/t28-/m1/s1. The number of fused-ring (bicyclic) bond motifs is 1. The maximum absolute atomic E-state index is 13.4. The van der Waals surface area contributed by atoms with Gasteiger partial charge in [0.05, 0.1) is 28.8 Å². The van der Waals surface area contributed by atoms with E-state index in [1.165, 1.54) is 11.0 Å². The van der Waals surface area contributed by atoms with Crippen molar-refractivity contribution in [2.75, 3.05) is 13.6 Å². The molecular weight excluding hydrogens is 571 g/mol. The fourth-order valence-corrected chi connectivity index (χ4v) is 5.60. The Morgan fingerprint density at radius 2 is 1.95 bits per heavy atom. The molecule has 1 fully saturated rings. The number of aliphatic hydroxyl groups excluding tert-OH is 1. The normalized spacial score (nSPS) is 17.4. The number of halogens is 3. The highest BCUT2D eigenvalue weighted by molar-refractivity contribution is 5.82. The average molecular weight is 606 g/mol. The number of amides is 1. The number of aliphatic hydroxyl groups is 1. The second kappa shape index (κ2) is 12.2. The van der Waals surface area contributed by atoms with Gasteiger partial charge in [-0.3, -0.25) is 9.59 Å². The number of hydrogen-bond donors (Lipinski definition) is 3. The van der Waals surface area contributed by atoms with Crippen molar-refractivity contribution in [2.45, 2.75) is 56.8 Å². The maximum Gasteiger partial charge on any atom is 0.416 e. The summed E-state index contributed by atoms with van der Waals surface area (Å²) in [6.07, 6.45) is -0.0261. The number of hydrogen-bond acceptors (Lipinski definition) is 6. The van der Waals surface area contributed by atoms with E-state index in [1.54, 1.807) is 7.05 Å². The number of benzene rings is 2. The molecule has 44 heavy (non-hydrogen) atoms. The Labute approximate surface area is 253 Å². The highest BCUT2D eigenvalue weighted by Gasteiger charge is 2.49. The fraction of sp³-hybridized carbons (Fsp3) is 0.333. The summed E-state index contributed by atoms with van der Waals surface area (Å²) in [7, 11) is 1.77. The summed E-state index contributed by atoms with van der Waals surface area (Å²) in [5.41, 5.74) is 2.10. The number of allylic oxidation sites excluding steroid dienone is 3. The van der Waals surface area contributed by atoms with Gasteiger partial charge in [-0.25, -0.2) is 9.98 Å². The van der Waals surface area contributed by atoms with Gasteiger partial charge in [0.2, 0.25) is 0 Å². The van der Waals surface area contributed by atoms with Crippen molar-refractivity contribution >= 4 is 18.2 Å². The molecule has 2 aromatic carbocycles. The van der Waals surface area contributed by atoms with Crippen LogP contribution in [0.1, 0.15) is 71.6 Å². The fourth-order valence-electron chi connectivity index (χ4n) is 5.60. The number of carbonyl (C=O) groups is 1. The van der Waals surface area contributed by atoms with Crippen LogP contribution in [0.2, 0.25) is 0 Å². The molecule has 230 valence electrons. The number of aromatic amines is 1. The number of aromatic nitrogens is 2. The molecule has 0 bridgehead atoms. The van der Waals surface area contributed by atoms with Gasteiger partial charge in [-0.05, 0) is 79.8 Å². The SMILES string of the molecule is C=N/C(=C\C=C(/C)c1cccc(C2(c3nc4c(c(=O)[nH]3)CN(C(=O)[C@H](O)c3cccc(C(F)(F)F)c3)CCC4)CC2)c1)NC. The summed E-state index contributed by atoms with van der Waals surface area (Å²) in [6.45, 7) is 5.68. The molecule has 8 nitrogen and oxygen atoms in total. The molecule has 1 aromatic heterocycles. The van der Waals surface area contributed by atoms with E-state index in [0.29, 0.717) is 35.7 Å². The number of aryl methyl sites for hydroxylation is 1. The van der Waals surface area contributed by atoms with Gasteiger partial charge in [0.25, 0.3) is 11.5 Å². The monoisotopic (exact) mass is 605 g/mol. The van der Waals surface area contributed by atoms with E-state index in [1.807, 2.05) is 37.3 Å². The zero-order valence-corrected chi connectivity index (χ0v) is 24.5.